The number of nitrogens with zero attached hydrogens (tertiary/aromatic N) is 2. The number of rotatable bonds is 8. The third-order valence-electron chi connectivity index (χ3n) is 5.28. The summed E-state index contributed by atoms with van der Waals surface area (Å²) in [7, 11) is 4.01. The molecule has 0 amide bonds. The van der Waals surface area contributed by atoms with E-state index < -0.39 is 6.10 Å². The van der Waals surface area contributed by atoms with Gasteiger partial charge in [-0.15, -0.1) is 0 Å². The van der Waals surface area contributed by atoms with E-state index in [0.717, 1.165) is 23.4 Å². The van der Waals surface area contributed by atoms with E-state index in [1.54, 1.807) is 12.1 Å². The Bertz CT molecular complexity index is 754. The topological polar surface area (TPSA) is 56.2 Å². The number of benzene rings is 2. The molecule has 0 spiro atoms. The molecule has 152 valence electrons. The van der Waals surface area contributed by atoms with Crippen LogP contribution >= 0.6 is 0 Å². The maximum atomic E-state index is 13.2. The van der Waals surface area contributed by atoms with Gasteiger partial charge < -0.3 is 19.8 Å². The van der Waals surface area contributed by atoms with Crippen LogP contribution < -0.4 is 4.74 Å². The molecule has 1 heterocycles. The summed E-state index contributed by atoms with van der Waals surface area (Å²) in [5.41, 5.74) is 1.95. The van der Waals surface area contributed by atoms with E-state index in [0.29, 0.717) is 19.7 Å². The molecule has 1 fully saturated rings. The first-order valence-corrected chi connectivity index (χ1v) is 9.63. The predicted molar refractivity (Wildman–Crippen MR) is 107 cm³/mol. The predicted octanol–water partition coefficient (Wildman–Crippen LogP) is 2.09. The number of aliphatic hydroxyl groups is 2. The lowest BCUT2D eigenvalue weighted by Crippen LogP contribution is -2.38. The Morgan fingerprint density at radius 3 is 2.61 bits per heavy atom. The van der Waals surface area contributed by atoms with Crippen molar-refractivity contribution in [2.24, 2.45) is 0 Å². The first-order chi connectivity index (χ1) is 13.5. The Morgan fingerprint density at radius 1 is 1.18 bits per heavy atom. The average molecular weight is 388 g/mol. The lowest BCUT2D eigenvalue weighted by molar-refractivity contribution is 0.0641. The van der Waals surface area contributed by atoms with Gasteiger partial charge in [-0.2, -0.15) is 0 Å². The molecule has 0 radical (unpaired) electrons. The summed E-state index contributed by atoms with van der Waals surface area (Å²) >= 11 is 0. The van der Waals surface area contributed by atoms with Crippen LogP contribution in [0, 0.1) is 5.82 Å². The summed E-state index contributed by atoms with van der Waals surface area (Å²) in [6, 6.07) is 13.8. The molecule has 2 aromatic carbocycles. The largest absolute Gasteiger partial charge is 0.492 e. The van der Waals surface area contributed by atoms with Crippen LogP contribution in [0.4, 0.5) is 4.39 Å². The fourth-order valence-corrected chi connectivity index (χ4v) is 3.71. The van der Waals surface area contributed by atoms with Gasteiger partial charge in [0.05, 0.1) is 18.8 Å². The van der Waals surface area contributed by atoms with E-state index >= 15 is 0 Å². The molecule has 2 aromatic rings. The number of hydrogen-bond donors (Lipinski definition) is 2. The van der Waals surface area contributed by atoms with Gasteiger partial charge in [-0.3, -0.25) is 4.90 Å². The number of halogens is 1. The van der Waals surface area contributed by atoms with Crippen molar-refractivity contribution in [3.8, 4) is 5.75 Å². The number of likely N-dealkylation sites (tertiary alicyclic amines) is 1. The van der Waals surface area contributed by atoms with Crippen molar-refractivity contribution in [2.75, 3.05) is 40.4 Å². The maximum Gasteiger partial charge on any atom is 0.123 e. The summed E-state index contributed by atoms with van der Waals surface area (Å²) in [6.45, 7) is 2.53. The molecule has 6 heteroatoms. The van der Waals surface area contributed by atoms with E-state index in [2.05, 4.69) is 9.80 Å². The molecule has 1 aliphatic heterocycles. The van der Waals surface area contributed by atoms with Crippen molar-refractivity contribution in [1.82, 2.24) is 9.80 Å². The number of hydrogen-bond acceptors (Lipinski definition) is 5. The normalized spacial score (nSPS) is 22.7. The van der Waals surface area contributed by atoms with Gasteiger partial charge in [-0.05, 0) is 49.5 Å². The van der Waals surface area contributed by atoms with Gasteiger partial charge in [-0.1, -0.05) is 24.3 Å². The Morgan fingerprint density at radius 2 is 1.93 bits per heavy atom. The lowest BCUT2D eigenvalue weighted by atomic mass is 9.94. The smallest absolute Gasteiger partial charge is 0.123 e. The van der Waals surface area contributed by atoms with Crippen molar-refractivity contribution in [2.45, 2.75) is 24.6 Å². The lowest BCUT2D eigenvalue weighted by Gasteiger charge is -2.24. The van der Waals surface area contributed by atoms with E-state index in [1.165, 1.54) is 12.1 Å². The Hall–Kier alpha value is -1.99. The molecule has 1 saturated heterocycles. The highest BCUT2D eigenvalue weighted by molar-refractivity contribution is 5.30. The highest BCUT2D eigenvalue weighted by atomic mass is 19.1. The van der Waals surface area contributed by atoms with Crippen molar-refractivity contribution in [1.29, 1.82) is 0 Å². The zero-order valence-electron chi connectivity index (χ0n) is 16.5. The van der Waals surface area contributed by atoms with Gasteiger partial charge in [0.15, 0.2) is 0 Å². The van der Waals surface area contributed by atoms with Crippen LogP contribution in [0.15, 0.2) is 48.5 Å². The van der Waals surface area contributed by atoms with Gasteiger partial charge in [-0.25, -0.2) is 4.39 Å². The Balaban J connectivity index is 1.68. The first kappa shape index (κ1) is 20.7. The minimum absolute atomic E-state index is 0.127. The number of aliphatic hydroxyl groups excluding tert-OH is 2. The summed E-state index contributed by atoms with van der Waals surface area (Å²) in [5.74, 6) is 0.366. The molecule has 0 aliphatic carbocycles. The zero-order chi connectivity index (χ0) is 20.1. The van der Waals surface area contributed by atoms with Crippen LogP contribution in [0.2, 0.25) is 0 Å². The van der Waals surface area contributed by atoms with E-state index in [4.69, 9.17) is 4.74 Å². The Kier molecular flexibility index (Phi) is 7.02. The molecule has 5 nitrogen and oxygen atoms in total. The van der Waals surface area contributed by atoms with Crippen LogP contribution in [0.1, 0.15) is 17.0 Å². The molecular weight excluding hydrogens is 359 g/mol. The van der Waals surface area contributed by atoms with Crippen LogP contribution in [0.3, 0.4) is 0 Å². The van der Waals surface area contributed by atoms with Gasteiger partial charge in [0.25, 0.3) is 0 Å². The van der Waals surface area contributed by atoms with Crippen molar-refractivity contribution < 1.29 is 19.3 Å². The molecule has 0 saturated carbocycles. The van der Waals surface area contributed by atoms with Gasteiger partial charge in [0.1, 0.15) is 18.2 Å². The fourth-order valence-electron chi connectivity index (χ4n) is 3.71. The van der Waals surface area contributed by atoms with Crippen molar-refractivity contribution in [3.63, 3.8) is 0 Å². The van der Waals surface area contributed by atoms with Crippen LogP contribution in [0.5, 0.6) is 5.75 Å². The SMILES string of the molecule is CN(C)CCOc1cccc(CN2C[C@H](c3ccc(F)cc3)[C@@H](O)[C@H]2CO)c1. The third-order valence-corrected chi connectivity index (χ3v) is 5.28. The van der Waals surface area contributed by atoms with Gasteiger partial charge >= 0.3 is 0 Å². The monoisotopic (exact) mass is 388 g/mol. The fraction of sp³-hybridized carbons (Fsp3) is 0.455. The third kappa shape index (κ3) is 5.08. The minimum atomic E-state index is -0.699. The zero-order valence-corrected chi connectivity index (χ0v) is 16.5. The second-order valence-corrected chi connectivity index (χ2v) is 7.63. The maximum absolute atomic E-state index is 13.2. The summed E-state index contributed by atoms with van der Waals surface area (Å²) < 4.78 is 19.0. The number of likely N-dealkylation sites (N-methyl/N-ethyl adjacent to an activating group) is 1. The van der Waals surface area contributed by atoms with Gasteiger partial charge in [0.2, 0.25) is 0 Å². The quantitative estimate of drug-likeness (QED) is 0.725. The first-order valence-electron chi connectivity index (χ1n) is 9.63. The second kappa shape index (κ2) is 9.47. The molecule has 3 atom stereocenters. The molecule has 0 unspecified atom stereocenters. The van der Waals surface area contributed by atoms with E-state index in [9.17, 15) is 14.6 Å². The van der Waals surface area contributed by atoms with Crippen LogP contribution in [-0.4, -0.2) is 72.6 Å². The van der Waals surface area contributed by atoms with E-state index in [1.807, 2.05) is 38.4 Å². The molecule has 28 heavy (non-hydrogen) atoms. The molecule has 0 bridgehead atoms. The molecule has 2 N–H and O–H groups in total. The summed E-state index contributed by atoms with van der Waals surface area (Å²) in [4.78, 5) is 4.15. The van der Waals surface area contributed by atoms with Crippen molar-refractivity contribution >= 4 is 0 Å². The van der Waals surface area contributed by atoms with Crippen LogP contribution in [-0.2, 0) is 6.54 Å². The minimum Gasteiger partial charge on any atom is -0.492 e. The number of ether oxygens (including phenoxy) is 1. The molecule has 3 rings (SSSR count). The standard InChI is InChI=1S/C22H29FN2O3/c1-24(2)10-11-28-19-5-3-4-16(12-19)13-25-14-20(22(27)21(25)15-26)17-6-8-18(23)9-7-17/h3-9,12,20-22,26-27H,10-11,13-15H2,1-2H3/t20-,21-,22-/m1/s1. The van der Waals surface area contributed by atoms with Crippen LogP contribution in [0.25, 0.3) is 0 Å². The highest BCUT2D eigenvalue weighted by Crippen LogP contribution is 2.33. The van der Waals surface area contributed by atoms with Gasteiger partial charge in [0, 0.05) is 25.6 Å². The molecule has 1 aliphatic rings. The second-order valence-electron chi connectivity index (χ2n) is 7.63. The summed E-state index contributed by atoms with van der Waals surface area (Å²) in [6.07, 6.45) is -0.699. The van der Waals surface area contributed by atoms with E-state index in [-0.39, 0.29) is 24.4 Å². The summed E-state index contributed by atoms with van der Waals surface area (Å²) in [5, 5.41) is 20.5. The van der Waals surface area contributed by atoms with Crippen molar-refractivity contribution in [3.05, 3.63) is 65.5 Å². The highest BCUT2D eigenvalue weighted by Gasteiger charge is 2.40. The molecular formula is C22H29FN2O3. The molecule has 0 aromatic heterocycles. The Labute approximate surface area is 166 Å². The average Bonchev–Trinajstić information content (AvgIpc) is 2.97.